The number of hydrogen-bond acceptors (Lipinski definition) is 7. The van der Waals surface area contributed by atoms with Crippen LogP contribution >= 0.6 is 0 Å². The van der Waals surface area contributed by atoms with Gasteiger partial charge in [-0.05, 0) is 64.2 Å². The molecular formula is C29H37N7O. The summed E-state index contributed by atoms with van der Waals surface area (Å²) >= 11 is 0. The highest BCUT2D eigenvalue weighted by molar-refractivity contribution is 6.00. The first-order valence-corrected chi connectivity index (χ1v) is 14.1. The Morgan fingerprint density at radius 3 is 2.57 bits per heavy atom. The molecule has 8 heteroatoms. The summed E-state index contributed by atoms with van der Waals surface area (Å²) in [7, 11) is 0. The van der Waals surface area contributed by atoms with Gasteiger partial charge in [-0.3, -0.25) is 9.69 Å². The highest BCUT2D eigenvalue weighted by atomic mass is 16.1. The molecule has 0 aromatic carbocycles. The van der Waals surface area contributed by atoms with E-state index in [1.165, 1.54) is 32.1 Å². The SMILES string of the molecule is CC1(C)CN(c2ccc(Nc3ncc4cc5n(c4n3)C3(CCCCC3)CCC5=O)nc2)CCN1C1CC1. The van der Waals surface area contributed by atoms with Crippen LogP contribution in [0.5, 0.6) is 0 Å². The van der Waals surface area contributed by atoms with Gasteiger partial charge in [-0.25, -0.2) is 9.97 Å². The zero-order valence-corrected chi connectivity index (χ0v) is 22.0. The Bertz CT molecular complexity index is 1330. The van der Waals surface area contributed by atoms with Crippen LogP contribution in [0.25, 0.3) is 11.0 Å². The van der Waals surface area contributed by atoms with Crippen LogP contribution in [0.3, 0.4) is 0 Å². The lowest BCUT2D eigenvalue weighted by atomic mass is 9.75. The number of fused-ring (bicyclic) bond motifs is 4. The van der Waals surface area contributed by atoms with Crippen LogP contribution < -0.4 is 10.2 Å². The van der Waals surface area contributed by atoms with Gasteiger partial charge in [0.1, 0.15) is 11.5 Å². The minimum atomic E-state index is 0.0199. The summed E-state index contributed by atoms with van der Waals surface area (Å²) in [6.45, 7) is 7.88. The third-order valence-corrected chi connectivity index (χ3v) is 9.21. The molecule has 1 saturated heterocycles. The number of anilines is 3. The molecule has 3 aromatic heterocycles. The summed E-state index contributed by atoms with van der Waals surface area (Å²) in [5, 5.41) is 4.26. The van der Waals surface area contributed by atoms with E-state index in [2.05, 4.69) is 44.6 Å². The van der Waals surface area contributed by atoms with Gasteiger partial charge in [-0.15, -0.1) is 0 Å². The predicted molar refractivity (Wildman–Crippen MR) is 146 cm³/mol. The van der Waals surface area contributed by atoms with Crippen molar-refractivity contribution >= 4 is 34.3 Å². The molecule has 0 amide bonds. The normalized spacial score (nSPS) is 23.4. The molecule has 2 aliphatic heterocycles. The Kier molecular flexibility index (Phi) is 5.32. The number of nitrogens with one attached hydrogen (secondary N) is 1. The smallest absolute Gasteiger partial charge is 0.230 e. The van der Waals surface area contributed by atoms with E-state index in [1.807, 2.05) is 24.5 Å². The van der Waals surface area contributed by atoms with E-state index in [0.717, 1.165) is 73.2 Å². The second-order valence-electron chi connectivity index (χ2n) is 12.2. The number of hydrogen-bond donors (Lipinski definition) is 1. The molecule has 8 nitrogen and oxygen atoms in total. The van der Waals surface area contributed by atoms with E-state index in [-0.39, 0.29) is 16.9 Å². The van der Waals surface area contributed by atoms with E-state index in [4.69, 9.17) is 9.97 Å². The molecule has 1 spiro atoms. The number of aromatic nitrogens is 4. The molecule has 3 aromatic rings. The number of nitrogens with zero attached hydrogens (tertiary/aromatic N) is 6. The van der Waals surface area contributed by atoms with Crippen molar-refractivity contribution in [2.75, 3.05) is 29.9 Å². The number of Topliss-reactive ketones (excluding diaryl/α,β-unsaturated/α-hetero) is 1. The van der Waals surface area contributed by atoms with Crippen molar-refractivity contribution in [3.05, 3.63) is 36.3 Å². The monoisotopic (exact) mass is 499 g/mol. The van der Waals surface area contributed by atoms with Crippen LogP contribution in [-0.4, -0.2) is 61.4 Å². The van der Waals surface area contributed by atoms with Gasteiger partial charge in [-0.1, -0.05) is 19.3 Å². The number of carbonyl (C=O) groups is 1. The second-order valence-corrected chi connectivity index (χ2v) is 12.2. The van der Waals surface area contributed by atoms with Crippen LogP contribution in [-0.2, 0) is 5.54 Å². The molecule has 3 fully saturated rings. The molecule has 4 aliphatic rings. The van der Waals surface area contributed by atoms with Crippen LogP contribution in [0.4, 0.5) is 17.5 Å². The van der Waals surface area contributed by atoms with Crippen molar-refractivity contribution < 1.29 is 4.79 Å². The summed E-state index contributed by atoms with van der Waals surface area (Å²) < 4.78 is 2.26. The van der Waals surface area contributed by atoms with Gasteiger partial charge < -0.3 is 14.8 Å². The lowest BCUT2D eigenvalue weighted by molar-refractivity contribution is 0.0852. The molecule has 37 heavy (non-hydrogen) atoms. The van der Waals surface area contributed by atoms with E-state index >= 15 is 0 Å². The lowest BCUT2D eigenvalue weighted by Crippen LogP contribution is -2.60. The molecule has 0 bridgehead atoms. The van der Waals surface area contributed by atoms with Crippen molar-refractivity contribution in [3.63, 3.8) is 0 Å². The standard InChI is InChI=1S/C29H37N7O/c1-28(2)19-34(14-15-35(28)21-6-7-21)22-8-9-25(30-18-22)32-27-31-17-20-16-23-24(37)10-13-29(11-4-3-5-12-29)36(23)26(20)33-27/h8-9,16-18,21H,3-7,10-15,19H2,1-2H3,(H,30,31,32,33). The molecule has 5 heterocycles. The van der Waals surface area contributed by atoms with Gasteiger partial charge in [0.05, 0.1) is 17.6 Å². The van der Waals surface area contributed by atoms with E-state index < -0.39 is 0 Å². The molecule has 2 aliphatic carbocycles. The fraction of sp³-hybridized carbons (Fsp3) is 0.586. The number of pyridine rings is 1. The molecule has 7 rings (SSSR count). The fourth-order valence-corrected chi connectivity index (χ4v) is 7.22. The maximum atomic E-state index is 12.8. The predicted octanol–water partition coefficient (Wildman–Crippen LogP) is 5.27. The highest BCUT2D eigenvalue weighted by Crippen LogP contribution is 2.45. The van der Waals surface area contributed by atoms with Crippen molar-refractivity contribution in [2.45, 2.75) is 88.8 Å². The number of piperazine rings is 1. The van der Waals surface area contributed by atoms with Gasteiger partial charge in [0.25, 0.3) is 0 Å². The molecule has 0 unspecified atom stereocenters. The summed E-state index contributed by atoms with van der Waals surface area (Å²) in [6.07, 6.45) is 14.0. The average Bonchev–Trinajstić information content (AvgIpc) is 3.65. The largest absolute Gasteiger partial charge is 0.367 e. The minimum absolute atomic E-state index is 0.0199. The van der Waals surface area contributed by atoms with Crippen molar-refractivity contribution in [1.82, 2.24) is 24.4 Å². The molecule has 2 saturated carbocycles. The lowest BCUT2D eigenvalue weighted by Gasteiger charge is -2.48. The van der Waals surface area contributed by atoms with Crippen molar-refractivity contribution in [2.24, 2.45) is 0 Å². The molecular weight excluding hydrogens is 462 g/mol. The Labute approximate surface area is 218 Å². The van der Waals surface area contributed by atoms with Gasteiger partial charge in [-0.2, -0.15) is 4.98 Å². The number of ketones is 1. The topological polar surface area (TPSA) is 79.2 Å². The fourth-order valence-electron chi connectivity index (χ4n) is 7.22. The zero-order valence-electron chi connectivity index (χ0n) is 22.0. The first kappa shape index (κ1) is 23.1. The summed E-state index contributed by atoms with van der Waals surface area (Å²) in [6, 6.07) is 6.94. The van der Waals surface area contributed by atoms with Crippen molar-refractivity contribution in [1.29, 1.82) is 0 Å². The van der Waals surface area contributed by atoms with Crippen LogP contribution in [0.2, 0.25) is 0 Å². The Balaban J connectivity index is 1.13. The third kappa shape index (κ3) is 4.00. The maximum absolute atomic E-state index is 12.8. The van der Waals surface area contributed by atoms with E-state index in [0.29, 0.717) is 12.4 Å². The molecule has 0 radical (unpaired) electrons. The average molecular weight is 500 g/mol. The number of rotatable bonds is 4. The Morgan fingerprint density at radius 2 is 1.84 bits per heavy atom. The summed E-state index contributed by atoms with van der Waals surface area (Å²) in [5.74, 6) is 1.48. The van der Waals surface area contributed by atoms with Gasteiger partial charge >= 0.3 is 0 Å². The molecule has 1 N–H and O–H groups in total. The van der Waals surface area contributed by atoms with Crippen LogP contribution in [0.1, 0.15) is 82.1 Å². The van der Waals surface area contributed by atoms with Gasteiger partial charge in [0, 0.05) is 54.8 Å². The first-order chi connectivity index (χ1) is 17.9. The summed E-state index contributed by atoms with van der Waals surface area (Å²) in [5.41, 5.74) is 3.03. The minimum Gasteiger partial charge on any atom is -0.367 e. The quantitative estimate of drug-likeness (QED) is 0.524. The summed E-state index contributed by atoms with van der Waals surface area (Å²) in [4.78, 5) is 32.1. The Hall–Kier alpha value is -3.00. The zero-order chi connectivity index (χ0) is 25.2. The van der Waals surface area contributed by atoms with Crippen LogP contribution in [0.15, 0.2) is 30.6 Å². The van der Waals surface area contributed by atoms with E-state index in [1.54, 1.807) is 0 Å². The van der Waals surface area contributed by atoms with Gasteiger partial charge in [0.2, 0.25) is 5.95 Å². The van der Waals surface area contributed by atoms with E-state index in [9.17, 15) is 4.79 Å². The molecule has 194 valence electrons. The maximum Gasteiger partial charge on any atom is 0.230 e. The third-order valence-electron chi connectivity index (χ3n) is 9.21. The van der Waals surface area contributed by atoms with Crippen LogP contribution in [0, 0.1) is 0 Å². The Morgan fingerprint density at radius 1 is 1.00 bits per heavy atom. The number of carbonyl (C=O) groups excluding carboxylic acids is 1. The van der Waals surface area contributed by atoms with Crippen molar-refractivity contribution in [3.8, 4) is 0 Å². The second kappa shape index (κ2) is 8.51. The highest BCUT2D eigenvalue weighted by Gasteiger charge is 2.43. The van der Waals surface area contributed by atoms with Gasteiger partial charge in [0.15, 0.2) is 5.78 Å². The molecule has 0 atom stereocenters. The first-order valence-electron chi connectivity index (χ1n) is 14.1.